The highest BCUT2D eigenvalue weighted by Crippen LogP contribution is 2.24. The zero-order valence-electron chi connectivity index (χ0n) is 16.1. The van der Waals surface area contributed by atoms with E-state index in [0.29, 0.717) is 36.7 Å². The maximum absolute atomic E-state index is 12.9. The second kappa shape index (κ2) is 9.18. The molecule has 7 nitrogen and oxygen atoms in total. The maximum Gasteiger partial charge on any atom is 0.269 e. The van der Waals surface area contributed by atoms with Crippen molar-refractivity contribution >= 4 is 23.2 Å². The number of benzene rings is 2. The molecule has 0 saturated carbocycles. The number of primary amides is 1. The van der Waals surface area contributed by atoms with Gasteiger partial charge in [-0.2, -0.15) is 5.10 Å². The number of amides is 2. The van der Waals surface area contributed by atoms with Crippen molar-refractivity contribution < 1.29 is 18.7 Å². The van der Waals surface area contributed by atoms with Crippen LogP contribution in [0.15, 0.2) is 59.7 Å². The van der Waals surface area contributed by atoms with Crippen molar-refractivity contribution in [3.63, 3.8) is 0 Å². The first kappa shape index (κ1) is 20.3. The van der Waals surface area contributed by atoms with Gasteiger partial charge in [0.1, 0.15) is 23.3 Å². The molecule has 0 aliphatic carbocycles. The first-order valence-corrected chi connectivity index (χ1v) is 9.30. The Balaban J connectivity index is 1.55. The summed E-state index contributed by atoms with van der Waals surface area (Å²) in [6.07, 6.45) is 0.758. The third-order valence-corrected chi connectivity index (χ3v) is 4.57. The highest BCUT2D eigenvalue weighted by atomic mass is 19.1. The molecule has 2 amide bonds. The summed E-state index contributed by atoms with van der Waals surface area (Å²) in [5.41, 5.74) is 6.50. The minimum absolute atomic E-state index is 0.166. The highest BCUT2D eigenvalue weighted by molar-refractivity contribution is 6.40. The largest absolute Gasteiger partial charge is 0.494 e. The first-order chi connectivity index (χ1) is 14.0. The van der Waals surface area contributed by atoms with Gasteiger partial charge in [-0.15, -0.1) is 0 Å². The molecule has 3 rings (SSSR count). The SMILES string of the molecule is CN(CCCOc1ccc(F)cc1)C(=O)C1=NN(c2ccccc2)C(C(N)=O)C1. The number of hydrazone groups is 1. The van der Waals surface area contributed by atoms with E-state index in [0.717, 1.165) is 0 Å². The Morgan fingerprint density at radius 1 is 1.21 bits per heavy atom. The van der Waals surface area contributed by atoms with Crippen LogP contribution in [0.3, 0.4) is 0 Å². The van der Waals surface area contributed by atoms with Crippen LogP contribution in [-0.4, -0.2) is 48.7 Å². The molecule has 0 radical (unpaired) electrons. The van der Waals surface area contributed by atoms with Crippen molar-refractivity contribution in [1.82, 2.24) is 4.90 Å². The Kier molecular flexibility index (Phi) is 6.43. The second-order valence-electron chi connectivity index (χ2n) is 6.73. The van der Waals surface area contributed by atoms with Crippen molar-refractivity contribution in [3.05, 3.63) is 60.4 Å². The van der Waals surface area contributed by atoms with E-state index in [4.69, 9.17) is 10.5 Å². The Labute approximate surface area is 168 Å². The molecule has 2 aromatic rings. The van der Waals surface area contributed by atoms with Gasteiger partial charge in [0, 0.05) is 20.0 Å². The molecular weight excluding hydrogens is 375 g/mol. The summed E-state index contributed by atoms with van der Waals surface area (Å²) >= 11 is 0. The molecule has 8 heteroatoms. The summed E-state index contributed by atoms with van der Waals surface area (Å²) in [5, 5.41) is 5.86. The summed E-state index contributed by atoms with van der Waals surface area (Å²) in [6, 6.07) is 14.2. The highest BCUT2D eigenvalue weighted by Gasteiger charge is 2.35. The predicted molar refractivity (Wildman–Crippen MR) is 108 cm³/mol. The lowest BCUT2D eigenvalue weighted by molar-refractivity contribution is -0.123. The van der Waals surface area contributed by atoms with Crippen LogP contribution >= 0.6 is 0 Å². The van der Waals surface area contributed by atoms with Crippen LogP contribution in [0, 0.1) is 5.82 Å². The van der Waals surface area contributed by atoms with E-state index in [1.54, 1.807) is 24.1 Å². The number of halogens is 1. The third kappa shape index (κ3) is 5.10. The number of rotatable bonds is 8. The topological polar surface area (TPSA) is 88.2 Å². The molecule has 0 saturated heterocycles. The van der Waals surface area contributed by atoms with E-state index in [1.807, 2.05) is 30.3 Å². The average molecular weight is 398 g/mol. The standard InChI is InChI=1S/C21H23FN4O3/c1-25(12-5-13-29-17-10-8-15(22)9-11-17)21(28)18-14-19(20(23)27)26(24-18)16-6-3-2-4-7-16/h2-4,6-11,19H,5,12-14H2,1H3,(H2,23,27). The summed E-state index contributed by atoms with van der Waals surface area (Å²) in [5.74, 6) is -0.533. The van der Waals surface area contributed by atoms with Crippen LogP contribution in [0.5, 0.6) is 5.75 Å². The molecule has 0 fully saturated rings. The molecule has 1 aliphatic heterocycles. The van der Waals surface area contributed by atoms with E-state index in [-0.39, 0.29) is 18.1 Å². The number of hydrogen-bond acceptors (Lipinski definition) is 5. The fourth-order valence-electron chi connectivity index (χ4n) is 3.02. The number of hydrogen-bond donors (Lipinski definition) is 1. The van der Waals surface area contributed by atoms with Crippen molar-refractivity contribution in [2.75, 3.05) is 25.2 Å². The molecule has 1 unspecified atom stereocenters. The Morgan fingerprint density at radius 3 is 2.55 bits per heavy atom. The summed E-state index contributed by atoms with van der Waals surface area (Å²) in [7, 11) is 1.67. The summed E-state index contributed by atoms with van der Waals surface area (Å²) < 4.78 is 18.4. The van der Waals surface area contributed by atoms with Gasteiger partial charge in [0.15, 0.2) is 0 Å². The normalized spacial score (nSPS) is 15.7. The van der Waals surface area contributed by atoms with Gasteiger partial charge in [-0.1, -0.05) is 18.2 Å². The maximum atomic E-state index is 12.9. The van der Waals surface area contributed by atoms with Crippen LogP contribution in [-0.2, 0) is 9.59 Å². The molecule has 29 heavy (non-hydrogen) atoms. The Bertz CT molecular complexity index is 887. The molecule has 1 heterocycles. The van der Waals surface area contributed by atoms with Gasteiger partial charge < -0.3 is 15.4 Å². The van der Waals surface area contributed by atoms with Crippen LogP contribution in [0.4, 0.5) is 10.1 Å². The smallest absolute Gasteiger partial charge is 0.269 e. The van der Waals surface area contributed by atoms with Crippen molar-refractivity contribution in [1.29, 1.82) is 0 Å². The van der Waals surface area contributed by atoms with Crippen LogP contribution in [0.1, 0.15) is 12.8 Å². The molecule has 2 N–H and O–H groups in total. The van der Waals surface area contributed by atoms with Gasteiger partial charge in [0.2, 0.25) is 5.91 Å². The predicted octanol–water partition coefficient (Wildman–Crippen LogP) is 2.17. The minimum atomic E-state index is -0.688. The van der Waals surface area contributed by atoms with Gasteiger partial charge in [-0.05, 0) is 42.8 Å². The van der Waals surface area contributed by atoms with E-state index >= 15 is 0 Å². The summed E-state index contributed by atoms with van der Waals surface area (Å²) in [4.78, 5) is 26.1. The third-order valence-electron chi connectivity index (χ3n) is 4.57. The molecule has 0 spiro atoms. The minimum Gasteiger partial charge on any atom is -0.494 e. The van der Waals surface area contributed by atoms with Crippen molar-refractivity contribution in [2.45, 2.75) is 18.9 Å². The number of nitrogens with two attached hydrogens (primary N) is 1. The van der Waals surface area contributed by atoms with Gasteiger partial charge in [-0.25, -0.2) is 4.39 Å². The average Bonchev–Trinajstić information content (AvgIpc) is 3.18. The number of ether oxygens (including phenoxy) is 1. The van der Waals surface area contributed by atoms with Crippen molar-refractivity contribution in [3.8, 4) is 5.75 Å². The van der Waals surface area contributed by atoms with E-state index in [9.17, 15) is 14.0 Å². The number of carbonyl (C=O) groups is 2. The number of para-hydroxylation sites is 1. The lowest BCUT2D eigenvalue weighted by Gasteiger charge is -2.20. The van der Waals surface area contributed by atoms with Crippen LogP contribution in [0.25, 0.3) is 0 Å². The van der Waals surface area contributed by atoms with Crippen molar-refractivity contribution in [2.24, 2.45) is 10.8 Å². The fourth-order valence-corrected chi connectivity index (χ4v) is 3.02. The quantitative estimate of drug-likeness (QED) is 0.691. The molecule has 0 aromatic heterocycles. The lowest BCUT2D eigenvalue weighted by Crippen LogP contribution is -2.40. The van der Waals surface area contributed by atoms with E-state index in [1.165, 1.54) is 17.1 Å². The van der Waals surface area contributed by atoms with Crippen LogP contribution in [0.2, 0.25) is 0 Å². The number of carbonyl (C=O) groups excluding carboxylic acids is 2. The zero-order chi connectivity index (χ0) is 20.8. The molecular formula is C21H23FN4O3. The zero-order valence-corrected chi connectivity index (χ0v) is 16.1. The fraction of sp³-hybridized carbons (Fsp3) is 0.286. The Morgan fingerprint density at radius 2 is 1.90 bits per heavy atom. The van der Waals surface area contributed by atoms with Gasteiger partial charge in [-0.3, -0.25) is 14.6 Å². The molecule has 1 atom stereocenters. The van der Waals surface area contributed by atoms with Gasteiger partial charge in [0.05, 0.1) is 12.3 Å². The molecule has 152 valence electrons. The first-order valence-electron chi connectivity index (χ1n) is 9.30. The van der Waals surface area contributed by atoms with Gasteiger partial charge in [0.25, 0.3) is 5.91 Å². The number of nitrogens with zero attached hydrogens (tertiary/aromatic N) is 3. The van der Waals surface area contributed by atoms with E-state index < -0.39 is 11.9 Å². The molecule has 0 bridgehead atoms. The van der Waals surface area contributed by atoms with Gasteiger partial charge >= 0.3 is 0 Å². The number of anilines is 1. The van der Waals surface area contributed by atoms with E-state index in [2.05, 4.69) is 5.10 Å². The lowest BCUT2D eigenvalue weighted by atomic mass is 10.1. The molecule has 1 aliphatic rings. The second-order valence-corrected chi connectivity index (χ2v) is 6.73. The molecule has 2 aromatic carbocycles. The van der Waals surface area contributed by atoms with Crippen LogP contribution < -0.4 is 15.5 Å². The Hall–Kier alpha value is -3.42. The summed E-state index contributed by atoms with van der Waals surface area (Å²) in [6.45, 7) is 0.835. The monoisotopic (exact) mass is 398 g/mol.